The van der Waals surface area contributed by atoms with Crippen molar-refractivity contribution in [2.24, 2.45) is 0 Å². The van der Waals surface area contributed by atoms with Crippen LogP contribution in [0, 0.1) is 13.8 Å². The van der Waals surface area contributed by atoms with Crippen LogP contribution in [0.15, 0.2) is 54.6 Å². The first-order chi connectivity index (χ1) is 10.6. The first kappa shape index (κ1) is 15.9. The number of anilines is 1. The van der Waals surface area contributed by atoms with Crippen LogP contribution in [-0.2, 0) is 4.79 Å². The van der Waals surface area contributed by atoms with Gasteiger partial charge in [-0.3, -0.25) is 10.1 Å². The molecule has 0 aromatic heterocycles. The van der Waals surface area contributed by atoms with Crippen LogP contribution in [-0.4, -0.2) is 11.0 Å². The average molecular weight is 310 g/mol. The molecular formula is C18H18N2OS. The molecule has 2 N–H and O–H groups in total. The summed E-state index contributed by atoms with van der Waals surface area (Å²) in [5.74, 6) is -0.258. The maximum absolute atomic E-state index is 11.8. The number of benzene rings is 2. The summed E-state index contributed by atoms with van der Waals surface area (Å²) in [5.41, 5.74) is 4.14. The third kappa shape index (κ3) is 4.53. The summed E-state index contributed by atoms with van der Waals surface area (Å²) in [6.45, 7) is 4.04. The van der Waals surface area contributed by atoms with Gasteiger partial charge in [-0.25, -0.2) is 0 Å². The summed E-state index contributed by atoms with van der Waals surface area (Å²) in [4.78, 5) is 11.8. The van der Waals surface area contributed by atoms with Crippen molar-refractivity contribution in [2.45, 2.75) is 13.8 Å². The Morgan fingerprint density at radius 3 is 2.50 bits per heavy atom. The second-order valence-electron chi connectivity index (χ2n) is 4.93. The fourth-order valence-electron chi connectivity index (χ4n) is 1.93. The number of aryl methyl sites for hydroxylation is 1. The van der Waals surface area contributed by atoms with Crippen LogP contribution in [0.25, 0.3) is 6.08 Å². The van der Waals surface area contributed by atoms with Crippen molar-refractivity contribution >= 4 is 35.0 Å². The quantitative estimate of drug-likeness (QED) is 0.669. The fraction of sp³-hybridized carbons (Fsp3) is 0.111. The second kappa shape index (κ2) is 7.52. The van der Waals surface area contributed by atoms with Gasteiger partial charge < -0.3 is 5.32 Å². The van der Waals surface area contributed by atoms with E-state index in [0.29, 0.717) is 0 Å². The van der Waals surface area contributed by atoms with Crippen LogP contribution < -0.4 is 10.6 Å². The highest BCUT2D eigenvalue weighted by Crippen LogP contribution is 2.17. The minimum absolute atomic E-state index is 0.258. The highest BCUT2D eigenvalue weighted by atomic mass is 32.1. The molecule has 3 nitrogen and oxygen atoms in total. The van der Waals surface area contributed by atoms with E-state index in [0.717, 1.165) is 16.8 Å². The van der Waals surface area contributed by atoms with Gasteiger partial charge in [-0.1, -0.05) is 42.5 Å². The Labute approximate surface area is 136 Å². The lowest BCUT2D eigenvalue weighted by Gasteiger charge is -2.12. The Kier molecular flexibility index (Phi) is 5.44. The number of carbonyl (C=O) groups is 1. The summed E-state index contributed by atoms with van der Waals surface area (Å²) in [6, 6.07) is 15.5. The molecule has 112 valence electrons. The zero-order valence-corrected chi connectivity index (χ0v) is 13.4. The number of thiocarbonyl (C=S) groups is 1. The van der Waals surface area contributed by atoms with E-state index in [2.05, 4.69) is 10.6 Å². The van der Waals surface area contributed by atoms with Gasteiger partial charge in [0.05, 0.1) is 0 Å². The van der Waals surface area contributed by atoms with E-state index in [9.17, 15) is 4.79 Å². The first-order valence-electron chi connectivity index (χ1n) is 6.97. The largest absolute Gasteiger partial charge is 0.332 e. The van der Waals surface area contributed by atoms with Crippen molar-refractivity contribution in [2.75, 3.05) is 5.32 Å². The maximum Gasteiger partial charge on any atom is 0.250 e. The van der Waals surface area contributed by atoms with Crippen molar-refractivity contribution in [3.63, 3.8) is 0 Å². The van der Waals surface area contributed by atoms with Gasteiger partial charge in [-0.05, 0) is 54.9 Å². The highest BCUT2D eigenvalue weighted by Gasteiger charge is 2.04. The van der Waals surface area contributed by atoms with Crippen molar-refractivity contribution in [3.05, 3.63) is 71.3 Å². The molecule has 0 aliphatic carbocycles. The number of hydrogen-bond acceptors (Lipinski definition) is 2. The van der Waals surface area contributed by atoms with E-state index in [-0.39, 0.29) is 11.0 Å². The lowest BCUT2D eigenvalue weighted by Crippen LogP contribution is -2.33. The van der Waals surface area contributed by atoms with Gasteiger partial charge in [0.2, 0.25) is 5.91 Å². The van der Waals surface area contributed by atoms with Gasteiger partial charge in [0.1, 0.15) is 0 Å². The Hall–Kier alpha value is -2.46. The molecule has 0 spiro atoms. The van der Waals surface area contributed by atoms with Gasteiger partial charge in [0, 0.05) is 11.8 Å². The minimum Gasteiger partial charge on any atom is -0.332 e. The van der Waals surface area contributed by atoms with Crippen molar-refractivity contribution in [3.8, 4) is 0 Å². The number of amides is 1. The van der Waals surface area contributed by atoms with E-state index in [1.165, 1.54) is 11.6 Å². The molecule has 0 unspecified atom stereocenters. The highest BCUT2D eigenvalue weighted by molar-refractivity contribution is 7.80. The monoisotopic (exact) mass is 310 g/mol. The minimum atomic E-state index is -0.258. The van der Waals surface area contributed by atoms with Gasteiger partial charge in [0.15, 0.2) is 5.11 Å². The molecule has 0 saturated carbocycles. The lowest BCUT2D eigenvalue weighted by atomic mass is 10.1. The number of rotatable bonds is 3. The van der Waals surface area contributed by atoms with Crippen LogP contribution in [0.3, 0.4) is 0 Å². The molecular weight excluding hydrogens is 292 g/mol. The molecule has 0 aliphatic rings. The topological polar surface area (TPSA) is 41.1 Å². The Morgan fingerprint density at radius 1 is 1.05 bits per heavy atom. The predicted molar refractivity (Wildman–Crippen MR) is 95.8 cm³/mol. The molecule has 2 rings (SSSR count). The number of carbonyl (C=O) groups excluding carboxylic acids is 1. The SMILES string of the molecule is Cc1cccc(NC(=S)NC(=O)/C=C\c2ccccc2)c1C. The molecule has 0 atom stereocenters. The van der Waals surface area contributed by atoms with Crippen molar-refractivity contribution in [1.82, 2.24) is 5.32 Å². The fourth-order valence-corrected chi connectivity index (χ4v) is 2.14. The van der Waals surface area contributed by atoms with Gasteiger partial charge in [0.25, 0.3) is 0 Å². The van der Waals surface area contributed by atoms with E-state index in [1.807, 2.05) is 62.4 Å². The molecule has 0 saturated heterocycles. The number of nitrogens with one attached hydrogen (secondary N) is 2. The molecule has 0 fully saturated rings. The van der Waals surface area contributed by atoms with Crippen LogP contribution >= 0.6 is 12.2 Å². The molecule has 0 heterocycles. The summed E-state index contributed by atoms with van der Waals surface area (Å²) in [5, 5.41) is 5.97. The van der Waals surface area contributed by atoms with Crippen LogP contribution in [0.1, 0.15) is 16.7 Å². The normalized spacial score (nSPS) is 10.5. The summed E-state index contributed by atoms with van der Waals surface area (Å²) >= 11 is 5.17. The van der Waals surface area contributed by atoms with Crippen molar-refractivity contribution in [1.29, 1.82) is 0 Å². The molecule has 4 heteroatoms. The summed E-state index contributed by atoms with van der Waals surface area (Å²) in [6.07, 6.45) is 3.21. The van der Waals surface area contributed by atoms with Crippen LogP contribution in [0.2, 0.25) is 0 Å². The third-order valence-electron chi connectivity index (χ3n) is 3.32. The zero-order valence-electron chi connectivity index (χ0n) is 12.6. The predicted octanol–water partition coefficient (Wildman–Crippen LogP) is 3.83. The molecule has 22 heavy (non-hydrogen) atoms. The average Bonchev–Trinajstić information content (AvgIpc) is 2.51. The van der Waals surface area contributed by atoms with Gasteiger partial charge >= 0.3 is 0 Å². The number of hydrogen-bond donors (Lipinski definition) is 2. The molecule has 1 amide bonds. The van der Waals surface area contributed by atoms with Crippen LogP contribution in [0.4, 0.5) is 5.69 Å². The smallest absolute Gasteiger partial charge is 0.250 e. The lowest BCUT2D eigenvalue weighted by molar-refractivity contribution is -0.115. The zero-order chi connectivity index (χ0) is 15.9. The summed E-state index contributed by atoms with van der Waals surface area (Å²) in [7, 11) is 0. The third-order valence-corrected chi connectivity index (χ3v) is 3.52. The molecule has 0 bridgehead atoms. The van der Waals surface area contributed by atoms with E-state index in [1.54, 1.807) is 6.08 Å². The second-order valence-corrected chi connectivity index (χ2v) is 5.34. The molecule has 0 radical (unpaired) electrons. The van der Waals surface area contributed by atoms with Gasteiger partial charge in [-0.15, -0.1) is 0 Å². The standard InChI is InChI=1S/C18H18N2OS/c1-13-7-6-10-16(14(13)2)19-18(22)20-17(21)12-11-15-8-4-3-5-9-15/h3-12H,1-2H3,(H2,19,20,21,22)/b12-11-. The van der Waals surface area contributed by atoms with E-state index >= 15 is 0 Å². The Morgan fingerprint density at radius 2 is 1.77 bits per heavy atom. The molecule has 2 aromatic rings. The first-order valence-corrected chi connectivity index (χ1v) is 7.38. The van der Waals surface area contributed by atoms with Crippen LogP contribution in [0.5, 0.6) is 0 Å². The Balaban J connectivity index is 1.93. The molecule has 0 aliphatic heterocycles. The van der Waals surface area contributed by atoms with E-state index in [4.69, 9.17) is 12.2 Å². The maximum atomic E-state index is 11.8. The van der Waals surface area contributed by atoms with Gasteiger partial charge in [-0.2, -0.15) is 0 Å². The Bertz CT molecular complexity index is 708. The molecule has 2 aromatic carbocycles. The summed E-state index contributed by atoms with van der Waals surface area (Å²) < 4.78 is 0. The van der Waals surface area contributed by atoms with E-state index < -0.39 is 0 Å². The van der Waals surface area contributed by atoms with Crippen molar-refractivity contribution < 1.29 is 4.79 Å².